The number of hydrogen-bond donors (Lipinski definition) is 2. The van der Waals surface area contributed by atoms with Crippen LogP contribution in [0, 0.1) is 5.92 Å². The Labute approximate surface area is 200 Å². The van der Waals surface area contributed by atoms with E-state index in [0.717, 1.165) is 5.56 Å². The molecule has 34 heavy (non-hydrogen) atoms. The molecule has 2 aromatic rings. The first-order valence-corrected chi connectivity index (χ1v) is 12.6. The van der Waals surface area contributed by atoms with Gasteiger partial charge in [-0.05, 0) is 36.1 Å². The Kier molecular flexibility index (Phi) is 8.62. The molecule has 1 amide bonds. The minimum Gasteiger partial charge on any atom is -0.497 e. The highest BCUT2D eigenvalue weighted by Gasteiger charge is 2.29. The van der Waals surface area contributed by atoms with E-state index < -0.39 is 22.0 Å². The summed E-state index contributed by atoms with van der Waals surface area (Å²) >= 11 is 0. The second kappa shape index (κ2) is 11.4. The van der Waals surface area contributed by atoms with Crippen molar-refractivity contribution in [3.63, 3.8) is 0 Å². The highest BCUT2D eigenvalue weighted by molar-refractivity contribution is 7.89. The SMILES string of the molecule is COc1ccc(CCNC(=O)C(NS(=O)(=O)c2ccc3c(c2)OCCCO3)C(C)C)c(OC)c1. The van der Waals surface area contributed by atoms with Crippen molar-refractivity contribution in [3.8, 4) is 23.0 Å². The van der Waals surface area contributed by atoms with Crippen molar-refractivity contribution in [1.29, 1.82) is 0 Å². The number of fused-ring (bicyclic) bond motifs is 1. The Balaban J connectivity index is 1.66. The Bertz CT molecular complexity index is 1100. The molecule has 2 N–H and O–H groups in total. The van der Waals surface area contributed by atoms with Gasteiger partial charge in [-0.2, -0.15) is 4.72 Å². The summed E-state index contributed by atoms with van der Waals surface area (Å²) in [5.74, 6) is 1.53. The van der Waals surface area contributed by atoms with Crippen LogP contribution in [-0.2, 0) is 21.2 Å². The van der Waals surface area contributed by atoms with Crippen LogP contribution in [0.5, 0.6) is 23.0 Å². The third-order valence-corrected chi connectivity index (χ3v) is 6.89. The Morgan fingerprint density at radius 1 is 1.03 bits per heavy atom. The molecule has 0 saturated heterocycles. The molecular weight excluding hydrogens is 460 g/mol. The van der Waals surface area contributed by atoms with Crippen LogP contribution in [0.2, 0.25) is 0 Å². The summed E-state index contributed by atoms with van der Waals surface area (Å²) in [4.78, 5) is 12.9. The van der Waals surface area contributed by atoms with E-state index in [4.69, 9.17) is 18.9 Å². The molecule has 1 heterocycles. The standard InChI is InChI=1S/C24H32N2O7S/c1-16(2)23(24(27)25-11-10-17-6-7-18(30-3)14-21(17)31-4)26-34(28,29)19-8-9-20-22(15-19)33-13-5-12-32-20/h6-9,14-16,23,26H,5,10-13H2,1-4H3,(H,25,27). The molecule has 0 radical (unpaired) electrons. The van der Waals surface area contributed by atoms with Gasteiger partial charge in [-0.25, -0.2) is 8.42 Å². The molecule has 9 nitrogen and oxygen atoms in total. The van der Waals surface area contributed by atoms with E-state index in [-0.39, 0.29) is 10.8 Å². The molecule has 0 fully saturated rings. The van der Waals surface area contributed by atoms with Crippen molar-refractivity contribution >= 4 is 15.9 Å². The number of carbonyl (C=O) groups excluding carboxylic acids is 1. The van der Waals surface area contributed by atoms with Crippen molar-refractivity contribution in [3.05, 3.63) is 42.0 Å². The second-order valence-electron chi connectivity index (χ2n) is 8.22. The lowest BCUT2D eigenvalue weighted by atomic mass is 10.0. The number of sulfonamides is 1. The third kappa shape index (κ3) is 6.32. The quantitative estimate of drug-likeness (QED) is 0.524. The van der Waals surface area contributed by atoms with E-state index in [1.165, 1.54) is 12.1 Å². The number of amides is 1. The van der Waals surface area contributed by atoms with Crippen LogP contribution in [0.25, 0.3) is 0 Å². The summed E-state index contributed by atoms with van der Waals surface area (Å²) in [6.45, 7) is 4.84. The van der Waals surface area contributed by atoms with Gasteiger partial charge >= 0.3 is 0 Å². The normalized spacial score (nSPS) is 14.3. The smallest absolute Gasteiger partial charge is 0.241 e. The van der Waals surface area contributed by atoms with Gasteiger partial charge in [0.15, 0.2) is 11.5 Å². The Morgan fingerprint density at radius 3 is 2.44 bits per heavy atom. The van der Waals surface area contributed by atoms with Crippen molar-refractivity contribution in [2.45, 2.75) is 37.6 Å². The highest BCUT2D eigenvalue weighted by Crippen LogP contribution is 2.32. The van der Waals surface area contributed by atoms with Gasteiger partial charge < -0.3 is 24.3 Å². The first kappa shape index (κ1) is 25.6. The topological polar surface area (TPSA) is 112 Å². The summed E-state index contributed by atoms with van der Waals surface area (Å²) in [7, 11) is -0.824. The Hall–Kier alpha value is -2.98. The minimum absolute atomic E-state index is 0.0122. The molecule has 0 aromatic heterocycles. The van der Waals surface area contributed by atoms with Crippen LogP contribution in [0.4, 0.5) is 0 Å². The highest BCUT2D eigenvalue weighted by atomic mass is 32.2. The van der Waals surface area contributed by atoms with Crippen molar-refractivity contribution in [2.75, 3.05) is 34.0 Å². The van der Waals surface area contributed by atoms with Gasteiger partial charge in [0.1, 0.15) is 17.5 Å². The maximum Gasteiger partial charge on any atom is 0.241 e. The summed E-state index contributed by atoms with van der Waals surface area (Å²) in [6.07, 6.45) is 1.23. The maximum atomic E-state index is 13.0. The number of rotatable bonds is 10. The number of benzene rings is 2. The fourth-order valence-corrected chi connectivity index (χ4v) is 4.89. The van der Waals surface area contributed by atoms with Crippen molar-refractivity contribution < 1.29 is 32.2 Å². The van der Waals surface area contributed by atoms with Crippen LogP contribution in [-0.4, -0.2) is 54.3 Å². The number of nitrogens with one attached hydrogen (secondary N) is 2. The summed E-state index contributed by atoms with van der Waals surface area (Å²) in [5, 5.41) is 2.83. The van der Waals surface area contributed by atoms with Gasteiger partial charge in [0.2, 0.25) is 15.9 Å². The van der Waals surface area contributed by atoms with Crippen molar-refractivity contribution in [1.82, 2.24) is 10.0 Å². The molecule has 0 saturated carbocycles. The first-order chi connectivity index (χ1) is 16.2. The summed E-state index contributed by atoms with van der Waals surface area (Å²) < 4.78 is 50.4. The maximum absolute atomic E-state index is 13.0. The molecule has 0 bridgehead atoms. The average Bonchev–Trinajstić information content (AvgIpc) is 3.07. The molecule has 1 atom stereocenters. The number of methoxy groups -OCH3 is 2. The van der Waals surface area contributed by atoms with Crippen molar-refractivity contribution in [2.24, 2.45) is 5.92 Å². The summed E-state index contributed by atoms with van der Waals surface area (Å²) in [6, 6.07) is 8.96. The predicted molar refractivity (Wildman–Crippen MR) is 127 cm³/mol. The lowest BCUT2D eigenvalue weighted by Crippen LogP contribution is -2.49. The van der Waals surface area contributed by atoms with E-state index in [0.29, 0.717) is 55.6 Å². The second-order valence-corrected chi connectivity index (χ2v) is 9.93. The van der Waals surface area contributed by atoms with E-state index >= 15 is 0 Å². The van der Waals surface area contributed by atoms with E-state index in [1.807, 2.05) is 12.1 Å². The van der Waals surface area contributed by atoms with Crippen LogP contribution in [0.15, 0.2) is 41.3 Å². The largest absolute Gasteiger partial charge is 0.497 e. The van der Waals surface area contributed by atoms with E-state index in [2.05, 4.69) is 10.0 Å². The molecule has 0 spiro atoms. The monoisotopic (exact) mass is 492 g/mol. The zero-order valence-corrected chi connectivity index (χ0v) is 20.7. The van der Waals surface area contributed by atoms with Gasteiger partial charge in [-0.15, -0.1) is 0 Å². The minimum atomic E-state index is -3.97. The predicted octanol–water partition coefficient (Wildman–Crippen LogP) is 2.53. The molecule has 1 aliphatic rings. The summed E-state index contributed by atoms with van der Waals surface area (Å²) in [5.41, 5.74) is 0.900. The van der Waals surface area contributed by atoms with Gasteiger partial charge in [0.25, 0.3) is 0 Å². The lowest BCUT2D eigenvalue weighted by Gasteiger charge is -2.22. The van der Waals surface area contributed by atoms with Gasteiger partial charge in [-0.3, -0.25) is 4.79 Å². The fourth-order valence-electron chi connectivity index (χ4n) is 3.53. The zero-order chi connectivity index (χ0) is 24.7. The molecule has 10 heteroatoms. The molecule has 1 aliphatic heterocycles. The number of carbonyl (C=O) groups is 1. The number of ether oxygens (including phenoxy) is 4. The van der Waals surface area contributed by atoms with Crippen LogP contribution < -0.4 is 29.0 Å². The molecular formula is C24H32N2O7S. The van der Waals surface area contributed by atoms with Gasteiger partial charge in [0, 0.05) is 25.1 Å². The average molecular weight is 493 g/mol. The number of hydrogen-bond acceptors (Lipinski definition) is 7. The third-order valence-electron chi connectivity index (χ3n) is 5.45. The Morgan fingerprint density at radius 2 is 1.76 bits per heavy atom. The van der Waals surface area contributed by atoms with Gasteiger partial charge in [0.05, 0.1) is 32.3 Å². The van der Waals surface area contributed by atoms with Crippen LogP contribution >= 0.6 is 0 Å². The molecule has 186 valence electrons. The fraction of sp³-hybridized carbons (Fsp3) is 0.458. The molecule has 2 aromatic carbocycles. The molecule has 0 aliphatic carbocycles. The molecule has 1 unspecified atom stereocenters. The first-order valence-electron chi connectivity index (χ1n) is 11.2. The van der Waals surface area contributed by atoms with Crippen LogP contribution in [0.3, 0.4) is 0 Å². The zero-order valence-electron chi connectivity index (χ0n) is 19.9. The molecule has 3 rings (SSSR count). The van der Waals surface area contributed by atoms with Gasteiger partial charge in [-0.1, -0.05) is 19.9 Å². The van der Waals surface area contributed by atoms with Crippen LogP contribution in [0.1, 0.15) is 25.8 Å². The lowest BCUT2D eigenvalue weighted by molar-refractivity contribution is -0.123. The van der Waals surface area contributed by atoms with E-state index in [1.54, 1.807) is 40.2 Å². The van der Waals surface area contributed by atoms with E-state index in [9.17, 15) is 13.2 Å².